The highest BCUT2D eigenvalue weighted by Gasteiger charge is 2.24. The van der Waals surface area contributed by atoms with Gasteiger partial charge in [-0.3, -0.25) is 9.59 Å². The summed E-state index contributed by atoms with van der Waals surface area (Å²) < 4.78 is 5.33. The molecule has 2 amide bonds. The van der Waals surface area contributed by atoms with E-state index in [0.29, 0.717) is 17.9 Å². The number of rotatable bonds is 3. The van der Waals surface area contributed by atoms with Gasteiger partial charge < -0.3 is 15.4 Å². The molecule has 1 aliphatic rings. The van der Waals surface area contributed by atoms with Crippen molar-refractivity contribution in [3.63, 3.8) is 0 Å². The third-order valence-electron chi connectivity index (χ3n) is 3.29. The van der Waals surface area contributed by atoms with Crippen LogP contribution in [0.3, 0.4) is 0 Å². The van der Waals surface area contributed by atoms with Crippen LogP contribution in [0.15, 0.2) is 18.2 Å². The molecular weight excluding hydrogens is 244 g/mol. The Labute approximate surface area is 112 Å². The maximum atomic E-state index is 12.0. The molecule has 5 nitrogen and oxygen atoms in total. The van der Waals surface area contributed by atoms with Crippen molar-refractivity contribution in [1.29, 1.82) is 0 Å². The molecule has 2 rings (SSSR count). The first kappa shape index (κ1) is 13.5. The van der Waals surface area contributed by atoms with Crippen molar-refractivity contribution in [2.75, 3.05) is 19.0 Å². The summed E-state index contributed by atoms with van der Waals surface area (Å²) in [5.74, 6) is -0.305. The predicted octanol–water partition coefficient (Wildman–Crippen LogP) is 1.47. The molecule has 1 aliphatic heterocycles. The second-order valence-electron chi connectivity index (χ2n) is 4.55. The number of hydrogen-bond acceptors (Lipinski definition) is 3. The standard InChI is InChI=1S/C14H18N2O3/c1-9-10(13(17)15-2)5-3-6-11(9)16-14(18)12-7-4-8-19-12/h3,5-6,12H,4,7-8H2,1-2H3,(H,15,17)(H,16,18). The summed E-state index contributed by atoms with van der Waals surface area (Å²) in [6.07, 6.45) is 1.29. The summed E-state index contributed by atoms with van der Waals surface area (Å²) in [6, 6.07) is 5.27. The Morgan fingerprint density at radius 2 is 2.16 bits per heavy atom. The van der Waals surface area contributed by atoms with Gasteiger partial charge in [-0.15, -0.1) is 0 Å². The van der Waals surface area contributed by atoms with E-state index in [0.717, 1.165) is 18.4 Å². The van der Waals surface area contributed by atoms with Gasteiger partial charge in [0, 0.05) is 24.9 Å². The van der Waals surface area contributed by atoms with Gasteiger partial charge in [-0.25, -0.2) is 0 Å². The molecule has 0 bridgehead atoms. The van der Waals surface area contributed by atoms with Crippen molar-refractivity contribution in [2.45, 2.75) is 25.9 Å². The van der Waals surface area contributed by atoms with Crippen LogP contribution >= 0.6 is 0 Å². The van der Waals surface area contributed by atoms with Gasteiger partial charge in [0.1, 0.15) is 6.10 Å². The van der Waals surface area contributed by atoms with E-state index in [1.165, 1.54) is 0 Å². The first-order valence-corrected chi connectivity index (χ1v) is 6.37. The summed E-state index contributed by atoms with van der Waals surface area (Å²) >= 11 is 0. The normalized spacial score (nSPS) is 18.1. The van der Waals surface area contributed by atoms with Gasteiger partial charge in [0.2, 0.25) is 0 Å². The van der Waals surface area contributed by atoms with E-state index < -0.39 is 0 Å². The number of nitrogens with one attached hydrogen (secondary N) is 2. The highest BCUT2D eigenvalue weighted by molar-refractivity contribution is 6.00. The SMILES string of the molecule is CNC(=O)c1cccc(NC(=O)C2CCCO2)c1C. The Balaban J connectivity index is 2.16. The van der Waals surface area contributed by atoms with Crippen LogP contribution in [0.5, 0.6) is 0 Å². The lowest BCUT2D eigenvalue weighted by molar-refractivity contribution is -0.124. The zero-order chi connectivity index (χ0) is 13.8. The molecule has 1 unspecified atom stereocenters. The summed E-state index contributed by atoms with van der Waals surface area (Å²) in [6.45, 7) is 2.45. The molecule has 19 heavy (non-hydrogen) atoms. The molecule has 0 aliphatic carbocycles. The van der Waals surface area contributed by atoms with Crippen molar-refractivity contribution >= 4 is 17.5 Å². The number of carbonyl (C=O) groups excluding carboxylic acids is 2. The minimum Gasteiger partial charge on any atom is -0.368 e. The largest absolute Gasteiger partial charge is 0.368 e. The minimum atomic E-state index is -0.372. The van der Waals surface area contributed by atoms with Crippen molar-refractivity contribution in [2.24, 2.45) is 0 Å². The van der Waals surface area contributed by atoms with E-state index in [1.54, 1.807) is 25.2 Å². The molecule has 0 aromatic heterocycles. The molecule has 1 atom stereocenters. The van der Waals surface area contributed by atoms with E-state index in [4.69, 9.17) is 4.74 Å². The Kier molecular flexibility index (Phi) is 4.16. The van der Waals surface area contributed by atoms with Crippen molar-refractivity contribution in [3.8, 4) is 0 Å². The van der Waals surface area contributed by atoms with Crippen molar-refractivity contribution in [1.82, 2.24) is 5.32 Å². The van der Waals surface area contributed by atoms with Crippen LogP contribution in [0.1, 0.15) is 28.8 Å². The zero-order valence-electron chi connectivity index (χ0n) is 11.2. The molecule has 5 heteroatoms. The number of benzene rings is 1. The third kappa shape index (κ3) is 2.93. The van der Waals surface area contributed by atoms with Crippen molar-refractivity contribution in [3.05, 3.63) is 29.3 Å². The molecule has 102 valence electrons. The zero-order valence-corrected chi connectivity index (χ0v) is 11.2. The fourth-order valence-electron chi connectivity index (χ4n) is 2.15. The average molecular weight is 262 g/mol. The number of carbonyl (C=O) groups is 2. The number of hydrogen-bond donors (Lipinski definition) is 2. The molecule has 0 spiro atoms. The Morgan fingerprint density at radius 3 is 2.79 bits per heavy atom. The van der Waals surface area contributed by atoms with Gasteiger partial charge in [0.15, 0.2) is 0 Å². The highest BCUT2D eigenvalue weighted by Crippen LogP contribution is 2.21. The topological polar surface area (TPSA) is 67.4 Å². The molecule has 1 fully saturated rings. The maximum Gasteiger partial charge on any atom is 0.253 e. The van der Waals surface area contributed by atoms with Gasteiger partial charge in [0.05, 0.1) is 0 Å². The summed E-state index contributed by atoms with van der Waals surface area (Å²) in [7, 11) is 1.58. The Hall–Kier alpha value is -1.88. The molecule has 1 aromatic carbocycles. The van der Waals surface area contributed by atoms with Crippen molar-refractivity contribution < 1.29 is 14.3 Å². The van der Waals surface area contributed by atoms with E-state index in [9.17, 15) is 9.59 Å². The molecular formula is C14H18N2O3. The second kappa shape index (κ2) is 5.84. The number of amides is 2. The van der Waals surface area contributed by atoms with Crippen LogP contribution in [0.25, 0.3) is 0 Å². The molecule has 1 aromatic rings. The fourth-order valence-corrected chi connectivity index (χ4v) is 2.15. The first-order valence-electron chi connectivity index (χ1n) is 6.37. The van der Waals surface area contributed by atoms with Crippen LogP contribution in [0.4, 0.5) is 5.69 Å². The van der Waals surface area contributed by atoms with Gasteiger partial charge >= 0.3 is 0 Å². The minimum absolute atomic E-state index is 0.144. The van der Waals surface area contributed by atoms with Crippen LogP contribution in [-0.2, 0) is 9.53 Å². The Bertz CT molecular complexity index is 493. The van der Waals surface area contributed by atoms with Crippen LogP contribution in [-0.4, -0.2) is 31.6 Å². The molecule has 0 radical (unpaired) electrons. The quantitative estimate of drug-likeness (QED) is 0.867. The van der Waals surface area contributed by atoms with E-state index in [1.807, 2.05) is 6.92 Å². The predicted molar refractivity (Wildman–Crippen MR) is 72.2 cm³/mol. The lowest BCUT2D eigenvalue weighted by atomic mass is 10.1. The smallest absolute Gasteiger partial charge is 0.253 e. The van der Waals surface area contributed by atoms with Gasteiger partial charge in [0.25, 0.3) is 11.8 Å². The van der Waals surface area contributed by atoms with E-state index >= 15 is 0 Å². The second-order valence-corrected chi connectivity index (χ2v) is 4.55. The lowest BCUT2D eigenvalue weighted by Crippen LogP contribution is -2.27. The summed E-state index contributed by atoms with van der Waals surface area (Å²) in [5.41, 5.74) is 1.97. The number of ether oxygens (including phenoxy) is 1. The fraction of sp³-hybridized carbons (Fsp3) is 0.429. The molecule has 2 N–H and O–H groups in total. The lowest BCUT2D eigenvalue weighted by Gasteiger charge is -2.14. The van der Waals surface area contributed by atoms with Gasteiger partial charge in [-0.2, -0.15) is 0 Å². The molecule has 1 saturated heterocycles. The first-order chi connectivity index (χ1) is 9.13. The molecule has 0 saturated carbocycles. The third-order valence-corrected chi connectivity index (χ3v) is 3.29. The highest BCUT2D eigenvalue weighted by atomic mass is 16.5. The van der Waals surface area contributed by atoms with Crippen LogP contribution < -0.4 is 10.6 Å². The number of anilines is 1. The van der Waals surface area contributed by atoms with Crippen LogP contribution in [0.2, 0.25) is 0 Å². The Morgan fingerprint density at radius 1 is 1.37 bits per heavy atom. The van der Waals surface area contributed by atoms with Gasteiger partial charge in [-0.05, 0) is 37.5 Å². The monoisotopic (exact) mass is 262 g/mol. The molecule has 1 heterocycles. The van der Waals surface area contributed by atoms with E-state index in [2.05, 4.69) is 10.6 Å². The van der Waals surface area contributed by atoms with Gasteiger partial charge in [-0.1, -0.05) is 6.07 Å². The maximum absolute atomic E-state index is 12.0. The average Bonchev–Trinajstić information content (AvgIpc) is 2.94. The summed E-state index contributed by atoms with van der Waals surface area (Å²) in [4.78, 5) is 23.7. The van der Waals surface area contributed by atoms with E-state index in [-0.39, 0.29) is 17.9 Å². The summed E-state index contributed by atoms with van der Waals surface area (Å²) in [5, 5.41) is 5.41. The van der Waals surface area contributed by atoms with Crippen LogP contribution in [0, 0.1) is 6.92 Å².